The van der Waals surface area contributed by atoms with Gasteiger partial charge in [-0.2, -0.15) is 4.98 Å². The van der Waals surface area contributed by atoms with Crippen molar-refractivity contribution in [1.82, 2.24) is 15.0 Å². The van der Waals surface area contributed by atoms with Gasteiger partial charge in [-0.05, 0) is 25.0 Å². The number of nitrogens with zero attached hydrogens (tertiary/aromatic N) is 3. The highest BCUT2D eigenvalue weighted by atomic mass is 35.5. The molecule has 0 radical (unpaired) electrons. The van der Waals surface area contributed by atoms with Crippen LogP contribution in [-0.2, 0) is 4.79 Å². The van der Waals surface area contributed by atoms with Gasteiger partial charge in [0, 0.05) is 49.2 Å². The zero-order chi connectivity index (χ0) is 24.2. The summed E-state index contributed by atoms with van der Waals surface area (Å²) < 4.78 is 15.5. The van der Waals surface area contributed by atoms with Crippen molar-refractivity contribution in [3.63, 3.8) is 0 Å². The van der Waals surface area contributed by atoms with Gasteiger partial charge >= 0.3 is 0 Å². The van der Waals surface area contributed by atoms with Gasteiger partial charge in [0.05, 0.1) is 19.2 Å². The Bertz CT molecular complexity index is 1190. The van der Waals surface area contributed by atoms with Crippen LogP contribution in [0.5, 0.6) is 11.5 Å². The van der Waals surface area contributed by atoms with E-state index in [1.807, 2.05) is 0 Å². The van der Waals surface area contributed by atoms with Crippen LogP contribution in [0, 0.1) is 12.8 Å². The maximum atomic E-state index is 12.9. The number of aryl methyl sites for hydroxylation is 1. The number of carbonyl (C=O) groups is 2. The maximum absolute atomic E-state index is 12.9. The summed E-state index contributed by atoms with van der Waals surface area (Å²) >= 11 is 6.32. The second kappa shape index (κ2) is 10.1. The lowest BCUT2D eigenvalue weighted by Crippen LogP contribution is -2.41. The van der Waals surface area contributed by atoms with Gasteiger partial charge in [0.2, 0.25) is 17.6 Å². The molecular formula is C24H25ClN4O5. The monoisotopic (exact) mass is 484 g/mol. The molecule has 9 nitrogen and oxygen atoms in total. The van der Waals surface area contributed by atoms with Crippen LogP contribution in [0.25, 0.3) is 11.4 Å². The van der Waals surface area contributed by atoms with Crippen LogP contribution in [0.1, 0.15) is 29.1 Å². The number of benzene rings is 2. The molecule has 1 aliphatic rings. The summed E-state index contributed by atoms with van der Waals surface area (Å²) in [6.07, 6.45) is 1.10. The Morgan fingerprint density at radius 3 is 2.41 bits per heavy atom. The number of ether oxygens (including phenoxy) is 2. The highest BCUT2D eigenvalue weighted by molar-refractivity contribution is 6.34. The second-order valence-electron chi connectivity index (χ2n) is 7.96. The number of nitrogens with one attached hydrogen (secondary N) is 1. The third-order valence-corrected chi connectivity index (χ3v) is 6.10. The molecule has 1 saturated heterocycles. The molecular weight excluding hydrogens is 460 g/mol. The SMILES string of the molecule is COc1cc(Cl)c(NC(=O)C2CCN(C(=O)c3ccc(-c4noc(C)n4)cc3)CC2)c(OC)c1. The summed E-state index contributed by atoms with van der Waals surface area (Å²) in [5.41, 5.74) is 1.75. The fraction of sp³-hybridized carbons (Fsp3) is 0.333. The number of rotatable bonds is 6. The molecule has 0 atom stereocenters. The molecule has 0 aliphatic carbocycles. The highest BCUT2D eigenvalue weighted by Gasteiger charge is 2.29. The first-order chi connectivity index (χ1) is 16.4. The average molecular weight is 485 g/mol. The Morgan fingerprint density at radius 1 is 1.12 bits per heavy atom. The van der Waals surface area contributed by atoms with Crippen molar-refractivity contribution in [2.45, 2.75) is 19.8 Å². The Kier molecular flexibility index (Phi) is 7.02. The van der Waals surface area contributed by atoms with E-state index in [0.29, 0.717) is 65.4 Å². The molecule has 1 aliphatic heterocycles. The van der Waals surface area contributed by atoms with Crippen molar-refractivity contribution in [2.24, 2.45) is 5.92 Å². The van der Waals surface area contributed by atoms with Crippen LogP contribution < -0.4 is 14.8 Å². The number of hydrogen-bond donors (Lipinski definition) is 1. The molecule has 0 unspecified atom stereocenters. The number of methoxy groups -OCH3 is 2. The van der Waals surface area contributed by atoms with Gasteiger partial charge in [-0.25, -0.2) is 0 Å². The lowest BCUT2D eigenvalue weighted by Gasteiger charge is -2.31. The minimum absolute atomic E-state index is 0.0745. The van der Waals surface area contributed by atoms with Gasteiger partial charge in [0.25, 0.3) is 5.91 Å². The smallest absolute Gasteiger partial charge is 0.253 e. The predicted molar refractivity (Wildman–Crippen MR) is 126 cm³/mol. The summed E-state index contributed by atoms with van der Waals surface area (Å²) in [7, 11) is 3.03. The first-order valence-corrected chi connectivity index (χ1v) is 11.2. The summed E-state index contributed by atoms with van der Waals surface area (Å²) in [5.74, 6) is 1.45. The quantitative estimate of drug-likeness (QED) is 0.558. The molecule has 0 saturated carbocycles. The van der Waals surface area contributed by atoms with E-state index in [2.05, 4.69) is 15.5 Å². The molecule has 0 spiro atoms. The van der Waals surface area contributed by atoms with Gasteiger partial charge in [0.1, 0.15) is 17.2 Å². The standard InChI is InChI=1S/C24H25ClN4O5/c1-14-26-22(28-34-14)15-4-6-17(7-5-15)24(31)29-10-8-16(9-11-29)23(30)27-21-19(25)12-18(32-2)13-20(21)33-3/h4-7,12-13,16H,8-11H2,1-3H3,(H,27,30). The summed E-state index contributed by atoms with van der Waals surface area (Å²) in [6.45, 7) is 2.69. The van der Waals surface area contributed by atoms with Gasteiger partial charge < -0.3 is 24.2 Å². The number of aromatic nitrogens is 2. The minimum Gasteiger partial charge on any atom is -0.497 e. The van der Waals surface area contributed by atoms with Crippen LogP contribution >= 0.6 is 11.6 Å². The number of hydrogen-bond acceptors (Lipinski definition) is 7. The van der Waals surface area contributed by atoms with Crippen molar-refractivity contribution >= 4 is 29.1 Å². The summed E-state index contributed by atoms with van der Waals surface area (Å²) in [4.78, 5) is 31.8. The molecule has 2 heterocycles. The zero-order valence-electron chi connectivity index (χ0n) is 19.1. The Labute approximate surface area is 202 Å². The van der Waals surface area contributed by atoms with Crippen molar-refractivity contribution in [2.75, 3.05) is 32.6 Å². The van der Waals surface area contributed by atoms with E-state index in [9.17, 15) is 9.59 Å². The Morgan fingerprint density at radius 2 is 1.82 bits per heavy atom. The molecule has 178 valence electrons. The van der Waals surface area contributed by atoms with Crippen LogP contribution in [0.4, 0.5) is 5.69 Å². The normalized spacial score (nSPS) is 14.1. The predicted octanol–water partition coefficient (Wildman–Crippen LogP) is 4.21. The first kappa shape index (κ1) is 23.6. The molecule has 2 aromatic carbocycles. The summed E-state index contributed by atoms with van der Waals surface area (Å²) in [6, 6.07) is 10.4. The molecule has 10 heteroatoms. The van der Waals surface area contributed by atoms with Crippen molar-refractivity contribution in [3.05, 3.63) is 52.9 Å². The fourth-order valence-electron chi connectivity index (χ4n) is 3.89. The van der Waals surface area contributed by atoms with E-state index >= 15 is 0 Å². The Balaban J connectivity index is 1.36. The third-order valence-electron chi connectivity index (χ3n) is 5.80. The molecule has 34 heavy (non-hydrogen) atoms. The molecule has 0 bridgehead atoms. The van der Waals surface area contributed by atoms with E-state index in [-0.39, 0.29) is 17.7 Å². The molecule has 4 rings (SSSR count). The average Bonchev–Trinajstić information content (AvgIpc) is 3.31. The van der Waals surface area contributed by atoms with E-state index in [1.165, 1.54) is 14.2 Å². The van der Waals surface area contributed by atoms with Crippen LogP contribution in [0.15, 0.2) is 40.9 Å². The number of halogens is 1. The summed E-state index contributed by atoms with van der Waals surface area (Å²) in [5, 5.41) is 7.09. The van der Waals surface area contributed by atoms with Gasteiger partial charge in [-0.15, -0.1) is 0 Å². The molecule has 1 aromatic heterocycles. The van der Waals surface area contributed by atoms with E-state index < -0.39 is 0 Å². The minimum atomic E-state index is -0.240. The lowest BCUT2D eigenvalue weighted by molar-refractivity contribution is -0.121. The first-order valence-electron chi connectivity index (χ1n) is 10.8. The fourth-order valence-corrected chi connectivity index (χ4v) is 4.14. The van der Waals surface area contributed by atoms with Crippen LogP contribution in [0.3, 0.4) is 0 Å². The molecule has 3 aromatic rings. The van der Waals surface area contributed by atoms with Gasteiger partial charge in [0.15, 0.2) is 0 Å². The number of piperidine rings is 1. The largest absolute Gasteiger partial charge is 0.497 e. The molecule has 1 N–H and O–H groups in total. The van der Waals surface area contributed by atoms with E-state index in [1.54, 1.807) is 48.2 Å². The van der Waals surface area contributed by atoms with Crippen LogP contribution in [0.2, 0.25) is 5.02 Å². The van der Waals surface area contributed by atoms with E-state index in [4.69, 9.17) is 25.6 Å². The van der Waals surface area contributed by atoms with Crippen LogP contribution in [-0.4, -0.2) is 54.2 Å². The maximum Gasteiger partial charge on any atom is 0.253 e. The van der Waals surface area contributed by atoms with E-state index in [0.717, 1.165) is 5.56 Å². The number of anilines is 1. The van der Waals surface area contributed by atoms with Crippen molar-refractivity contribution in [1.29, 1.82) is 0 Å². The topological polar surface area (TPSA) is 107 Å². The van der Waals surface area contributed by atoms with Crippen molar-refractivity contribution < 1.29 is 23.6 Å². The highest BCUT2D eigenvalue weighted by Crippen LogP contribution is 2.37. The third kappa shape index (κ3) is 4.99. The Hall–Kier alpha value is -3.59. The van der Waals surface area contributed by atoms with Gasteiger partial charge in [-0.3, -0.25) is 9.59 Å². The number of carbonyl (C=O) groups excluding carboxylic acids is 2. The lowest BCUT2D eigenvalue weighted by atomic mass is 9.95. The van der Waals surface area contributed by atoms with Crippen molar-refractivity contribution in [3.8, 4) is 22.9 Å². The van der Waals surface area contributed by atoms with Gasteiger partial charge in [-0.1, -0.05) is 28.9 Å². The molecule has 1 fully saturated rings. The number of likely N-dealkylation sites (tertiary alicyclic amines) is 1. The zero-order valence-corrected chi connectivity index (χ0v) is 19.9. The second-order valence-corrected chi connectivity index (χ2v) is 8.36. The molecule has 2 amide bonds. The number of amides is 2.